The summed E-state index contributed by atoms with van der Waals surface area (Å²) < 4.78 is 11.4. The quantitative estimate of drug-likeness (QED) is 0.579. The van der Waals surface area contributed by atoms with Crippen molar-refractivity contribution in [2.75, 3.05) is 6.61 Å². The zero-order valence-corrected chi connectivity index (χ0v) is 12.6. The van der Waals surface area contributed by atoms with Crippen LogP contribution >= 0.6 is 11.3 Å². The highest BCUT2D eigenvalue weighted by molar-refractivity contribution is 7.20. The van der Waals surface area contributed by atoms with Crippen LogP contribution in [0.15, 0.2) is 18.2 Å². The van der Waals surface area contributed by atoms with Gasteiger partial charge in [0, 0.05) is 0 Å². The molecule has 3 rings (SSSR count). The number of aliphatic hydroxyl groups excluding tert-OH is 4. The Balaban J connectivity index is 1.85. The minimum absolute atomic E-state index is 0.145. The smallest absolute Gasteiger partial charge is 0.276 e. The standard InChI is InChI=1S/C14H14N2O6S/c15-4-6-2-1-3-8-9(6)16-14(23-8)22-13-12(20)11(19)10(18)7(5-17)21-13/h1-3,7,10-13,17-20H,5H2/t7-,10+,11+,12-,13+/m1/s1. The minimum atomic E-state index is -1.52. The molecule has 1 aromatic carbocycles. The van der Waals surface area contributed by atoms with Gasteiger partial charge in [0.05, 0.1) is 16.9 Å². The van der Waals surface area contributed by atoms with E-state index in [1.165, 1.54) is 0 Å². The Morgan fingerprint density at radius 2 is 2.04 bits per heavy atom. The van der Waals surface area contributed by atoms with E-state index in [1.54, 1.807) is 18.2 Å². The van der Waals surface area contributed by atoms with Crippen LogP contribution in [0.25, 0.3) is 10.2 Å². The molecule has 122 valence electrons. The molecule has 0 bridgehead atoms. The molecular weight excluding hydrogens is 324 g/mol. The highest BCUT2D eigenvalue weighted by atomic mass is 32.1. The molecule has 2 heterocycles. The Labute approximate surface area is 134 Å². The molecule has 1 aliphatic rings. The Morgan fingerprint density at radius 1 is 1.26 bits per heavy atom. The van der Waals surface area contributed by atoms with Gasteiger partial charge in [0.2, 0.25) is 6.29 Å². The van der Waals surface area contributed by atoms with Crippen molar-refractivity contribution in [1.29, 1.82) is 5.26 Å². The number of aliphatic hydroxyl groups is 4. The Bertz CT molecular complexity index is 742. The van der Waals surface area contributed by atoms with Crippen molar-refractivity contribution in [1.82, 2.24) is 4.98 Å². The summed E-state index contributed by atoms with van der Waals surface area (Å²) in [6.07, 6.45) is -6.82. The Hall–Kier alpha value is -1.80. The molecule has 0 spiro atoms. The molecule has 2 aromatic rings. The summed E-state index contributed by atoms with van der Waals surface area (Å²) >= 11 is 1.15. The fraction of sp³-hybridized carbons (Fsp3) is 0.429. The zero-order chi connectivity index (χ0) is 16.6. The number of nitriles is 1. The zero-order valence-electron chi connectivity index (χ0n) is 11.7. The van der Waals surface area contributed by atoms with Crippen molar-refractivity contribution in [2.24, 2.45) is 0 Å². The molecule has 0 radical (unpaired) electrons. The van der Waals surface area contributed by atoms with E-state index in [2.05, 4.69) is 4.98 Å². The lowest BCUT2D eigenvalue weighted by atomic mass is 9.99. The van der Waals surface area contributed by atoms with Gasteiger partial charge in [0.15, 0.2) is 0 Å². The molecule has 1 saturated heterocycles. The lowest BCUT2D eigenvalue weighted by Gasteiger charge is -2.39. The van der Waals surface area contributed by atoms with Gasteiger partial charge in [-0.1, -0.05) is 17.4 Å². The van der Waals surface area contributed by atoms with Crippen LogP contribution in [0.1, 0.15) is 5.56 Å². The summed E-state index contributed by atoms with van der Waals surface area (Å²) in [7, 11) is 0. The van der Waals surface area contributed by atoms with Crippen molar-refractivity contribution in [3.8, 4) is 11.3 Å². The summed E-state index contributed by atoms with van der Waals surface area (Å²) in [5.41, 5.74) is 0.863. The van der Waals surface area contributed by atoms with E-state index >= 15 is 0 Å². The number of rotatable bonds is 3. The van der Waals surface area contributed by atoms with Crippen LogP contribution in [0.2, 0.25) is 0 Å². The molecule has 9 heteroatoms. The van der Waals surface area contributed by atoms with Crippen LogP contribution in [0.3, 0.4) is 0 Å². The van der Waals surface area contributed by atoms with Crippen molar-refractivity contribution >= 4 is 21.6 Å². The van der Waals surface area contributed by atoms with E-state index < -0.39 is 37.3 Å². The molecule has 0 unspecified atom stereocenters. The average molecular weight is 338 g/mol. The lowest BCUT2D eigenvalue weighted by molar-refractivity contribution is -0.277. The summed E-state index contributed by atoms with van der Waals surface area (Å²) in [4.78, 5) is 4.18. The number of ether oxygens (including phenoxy) is 2. The lowest BCUT2D eigenvalue weighted by Crippen LogP contribution is -2.60. The van der Waals surface area contributed by atoms with E-state index in [0.717, 1.165) is 16.0 Å². The third-order valence-electron chi connectivity index (χ3n) is 3.59. The van der Waals surface area contributed by atoms with Crippen LogP contribution in [-0.4, -0.2) is 62.7 Å². The normalized spacial score (nSPS) is 31.0. The Morgan fingerprint density at radius 3 is 2.74 bits per heavy atom. The number of benzene rings is 1. The molecule has 1 aromatic heterocycles. The largest absolute Gasteiger partial charge is 0.437 e. The van der Waals surface area contributed by atoms with E-state index in [0.29, 0.717) is 11.1 Å². The number of hydrogen-bond acceptors (Lipinski definition) is 9. The number of fused-ring (bicyclic) bond motifs is 1. The van der Waals surface area contributed by atoms with Crippen LogP contribution in [-0.2, 0) is 4.74 Å². The molecule has 23 heavy (non-hydrogen) atoms. The van der Waals surface area contributed by atoms with E-state index in [-0.39, 0.29) is 5.19 Å². The second kappa shape index (κ2) is 6.37. The number of aromatic nitrogens is 1. The molecule has 1 aliphatic heterocycles. The monoisotopic (exact) mass is 338 g/mol. The first-order chi connectivity index (χ1) is 11.0. The van der Waals surface area contributed by atoms with E-state index in [9.17, 15) is 15.3 Å². The summed E-state index contributed by atoms with van der Waals surface area (Å²) in [6, 6.07) is 7.14. The molecule has 0 saturated carbocycles. The van der Waals surface area contributed by atoms with Gasteiger partial charge in [-0.05, 0) is 12.1 Å². The first kappa shape index (κ1) is 16.1. The predicted octanol–water partition coefficient (Wildman–Crippen LogP) is -0.653. The van der Waals surface area contributed by atoms with Crippen LogP contribution < -0.4 is 4.74 Å². The van der Waals surface area contributed by atoms with Crippen molar-refractivity contribution in [2.45, 2.75) is 30.7 Å². The van der Waals surface area contributed by atoms with Gasteiger partial charge in [-0.3, -0.25) is 0 Å². The maximum absolute atomic E-state index is 9.94. The topological polar surface area (TPSA) is 136 Å². The van der Waals surface area contributed by atoms with Crippen molar-refractivity contribution < 1.29 is 29.9 Å². The second-order valence-corrected chi connectivity index (χ2v) is 6.05. The fourth-order valence-electron chi connectivity index (χ4n) is 2.33. The van der Waals surface area contributed by atoms with Gasteiger partial charge in [-0.25, -0.2) is 4.98 Å². The third kappa shape index (κ3) is 2.88. The second-order valence-electron chi connectivity index (χ2n) is 5.06. The highest BCUT2D eigenvalue weighted by Crippen LogP contribution is 2.32. The van der Waals surface area contributed by atoms with E-state index in [1.807, 2.05) is 6.07 Å². The van der Waals surface area contributed by atoms with Crippen molar-refractivity contribution in [3.63, 3.8) is 0 Å². The van der Waals surface area contributed by atoms with E-state index in [4.69, 9.17) is 19.8 Å². The summed E-state index contributed by atoms with van der Waals surface area (Å²) in [5, 5.41) is 47.8. The van der Waals surface area contributed by atoms with Crippen LogP contribution in [0.4, 0.5) is 0 Å². The van der Waals surface area contributed by atoms with Gasteiger partial charge >= 0.3 is 0 Å². The van der Waals surface area contributed by atoms with Crippen molar-refractivity contribution in [3.05, 3.63) is 23.8 Å². The molecule has 4 N–H and O–H groups in total. The van der Waals surface area contributed by atoms with Gasteiger partial charge in [-0.15, -0.1) is 0 Å². The first-order valence-corrected chi connectivity index (χ1v) is 7.63. The summed E-state index contributed by atoms with van der Waals surface area (Å²) in [6.45, 7) is -0.538. The molecule has 0 aliphatic carbocycles. The van der Waals surface area contributed by atoms with Gasteiger partial charge in [0.25, 0.3) is 5.19 Å². The predicted molar refractivity (Wildman–Crippen MR) is 78.7 cm³/mol. The number of thiazole rings is 1. The molecule has 5 atom stereocenters. The van der Waals surface area contributed by atoms with Gasteiger partial charge in [-0.2, -0.15) is 5.26 Å². The maximum atomic E-state index is 9.94. The summed E-state index contributed by atoms with van der Waals surface area (Å²) in [5.74, 6) is 0. The third-order valence-corrected chi connectivity index (χ3v) is 4.50. The number of hydrogen-bond donors (Lipinski definition) is 4. The molecule has 0 amide bonds. The highest BCUT2D eigenvalue weighted by Gasteiger charge is 2.45. The molecule has 1 fully saturated rings. The minimum Gasteiger partial charge on any atom is -0.437 e. The maximum Gasteiger partial charge on any atom is 0.276 e. The van der Waals surface area contributed by atoms with Gasteiger partial charge in [0.1, 0.15) is 36.0 Å². The molecule has 8 nitrogen and oxygen atoms in total. The first-order valence-electron chi connectivity index (χ1n) is 6.82. The van der Waals surface area contributed by atoms with Crippen LogP contribution in [0, 0.1) is 11.3 Å². The SMILES string of the molecule is N#Cc1cccc2sc(O[C@@H]3O[C@H](CO)[C@H](O)[C@H](O)[C@H]3O)nc12. The molecular formula is C14H14N2O6S. The number of para-hydroxylation sites is 1. The van der Waals surface area contributed by atoms with Gasteiger partial charge < -0.3 is 29.9 Å². The Kier molecular flexibility index (Phi) is 4.45. The average Bonchev–Trinajstić information content (AvgIpc) is 2.97. The van der Waals surface area contributed by atoms with Crippen LogP contribution in [0.5, 0.6) is 5.19 Å². The fourth-order valence-corrected chi connectivity index (χ4v) is 3.20. The number of nitrogens with zero attached hydrogens (tertiary/aromatic N) is 2.